The highest BCUT2D eigenvalue weighted by Gasteiger charge is 2.45. The number of halogens is 2. The monoisotopic (exact) mass is 267 g/mol. The largest absolute Gasteiger partial charge is 0.315 e. The van der Waals surface area contributed by atoms with Crippen LogP contribution in [0.2, 0.25) is 5.02 Å². The first-order valence-corrected chi connectivity index (χ1v) is 7.22. The Hall–Kier alpha value is -0.600. The van der Waals surface area contributed by atoms with Crippen molar-refractivity contribution in [3.8, 4) is 0 Å². The highest BCUT2D eigenvalue weighted by atomic mass is 35.5. The minimum absolute atomic E-state index is 0.147. The molecule has 0 radical (unpaired) electrons. The smallest absolute Gasteiger partial charge is 0.127 e. The van der Waals surface area contributed by atoms with E-state index in [1.54, 1.807) is 6.07 Å². The summed E-state index contributed by atoms with van der Waals surface area (Å²) >= 11 is 5.81. The zero-order chi connectivity index (χ0) is 12.6. The number of hydrogen-bond donors (Lipinski definition) is 1. The van der Waals surface area contributed by atoms with Crippen LogP contribution in [0.5, 0.6) is 0 Å². The van der Waals surface area contributed by atoms with Gasteiger partial charge in [0.1, 0.15) is 5.82 Å². The fraction of sp³-hybridized carbons (Fsp3) is 0.600. The van der Waals surface area contributed by atoms with E-state index < -0.39 is 0 Å². The van der Waals surface area contributed by atoms with Crippen LogP contribution >= 0.6 is 11.6 Å². The summed E-state index contributed by atoms with van der Waals surface area (Å²) in [4.78, 5) is 0. The second kappa shape index (κ2) is 4.82. The molecule has 1 aromatic carbocycles. The van der Waals surface area contributed by atoms with Crippen LogP contribution in [0.1, 0.15) is 31.2 Å². The van der Waals surface area contributed by atoms with Crippen LogP contribution in [0.3, 0.4) is 0 Å². The number of nitrogens with one attached hydrogen (secondary N) is 1. The number of hydrogen-bond acceptors (Lipinski definition) is 1. The van der Waals surface area contributed by atoms with Gasteiger partial charge in [-0.3, -0.25) is 0 Å². The Morgan fingerprint density at radius 1 is 1.28 bits per heavy atom. The lowest BCUT2D eigenvalue weighted by atomic mass is 9.66. The van der Waals surface area contributed by atoms with Gasteiger partial charge in [-0.2, -0.15) is 0 Å². The second-order valence-corrected chi connectivity index (χ2v) is 6.30. The van der Waals surface area contributed by atoms with Gasteiger partial charge >= 0.3 is 0 Å². The molecule has 1 saturated heterocycles. The molecule has 3 heteroatoms. The van der Waals surface area contributed by atoms with Crippen molar-refractivity contribution in [2.75, 3.05) is 13.1 Å². The fourth-order valence-electron chi connectivity index (χ4n) is 3.59. The molecule has 0 bridgehead atoms. The van der Waals surface area contributed by atoms with Gasteiger partial charge in [0.15, 0.2) is 0 Å². The topological polar surface area (TPSA) is 12.0 Å². The Kier molecular flexibility index (Phi) is 3.33. The van der Waals surface area contributed by atoms with Gasteiger partial charge in [-0.05, 0) is 42.9 Å². The van der Waals surface area contributed by atoms with Gasteiger partial charge in [-0.1, -0.05) is 30.5 Å². The average molecular weight is 268 g/mol. The van der Waals surface area contributed by atoms with Gasteiger partial charge < -0.3 is 5.32 Å². The minimum Gasteiger partial charge on any atom is -0.315 e. The van der Waals surface area contributed by atoms with Crippen LogP contribution in [-0.4, -0.2) is 13.1 Å². The maximum atomic E-state index is 13.9. The lowest BCUT2D eigenvalue weighted by molar-refractivity contribution is 0.0801. The Morgan fingerprint density at radius 2 is 2.00 bits per heavy atom. The molecule has 1 heterocycles. The molecule has 2 aliphatic rings. The lowest BCUT2D eigenvalue weighted by Gasteiger charge is -2.48. The Morgan fingerprint density at radius 3 is 2.56 bits per heavy atom. The van der Waals surface area contributed by atoms with Gasteiger partial charge in [0, 0.05) is 23.5 Å². The van der Waals surface area contributed by atoms with Gasteiger partial charge in [0.2, 0.25) is 0 Å². The Balaban J connectivity index is 1.80. The van der Waals surface area contributed by atoms with Crippen molar-refractivity contribution >= 4 is 11.6 Å². The molecule has 0 aromatic heterocycles. The molecule has 0 atom stereocenters. The van der Waals surface area contributed by atoms with Gasteiger partial charge in [0.05, 0.1) is 0 Å². The van der Waals surface area contributed by atoms with E-state index in [2.05, 4.69) is 5.32 Å². The van der Waals surface area contributed by atoms with Crippen molar-refractivity contribution in [3.63, 3.8) is 0 Å². The first kappa shape index (κ1) is 12.4. The SMILES string of the molecule is Fc1cc(Cl)ccc1CC1(C2CCCC2)CNC1. The summed E-state index contributed by atoms with van der Waals surface area (Å²) in [6.07, 6.45) is 6.17. The normalized spacial score (nSPS) is 23.0. The standard InChI is InChI=1S/C15H19ClFN/c16-13-6-5-11(14(17)7-13)8-15(9-18-10-15)12-3-1-2-4-12/h5-7,12,18H,1-4,8-10H2. The quantitative estimate of drug-likeness (QED) is 0.878. The number of benzene rings is 1. The van der Waals surface area contributed by atoms with E-state index in [1.165, 1.54) is 31.7 Å². The first-order valence-electron chi connectivity index (χ1n) is 6.84. The van der Waals surface area contributed by atoms with E-state index in [9.17, 15) is 4.39 Å². The summed E-state index contributed by atoms with van der Waals surface area (Å²) in [6.45, 7) is 2.08. The van der Waals surface area contributed by atoms with Crippen LogP contribution in [-0.2, 0) is 6.42 Å². The molecule has 18 heavy (non-hydrogen) atoms. The molecular formula is C15H19ClFN. The summed E-state index contributed by atoms with van der Waals surface area (Å²) in [5.74, 6) is 0.626. The van der Waals surface area contributed by atoms with Crippen molar-refractivity contribution in [1.82, 2.24) is 5.32 Å². The van der Waals surface area contributed by atoms with Gasteiger partial charge in [-0.15, -0.1) is 0 Å². The molecule has 1 aromatic rings. The molecule has 1 nitrogen and oxygen atoms in total. The first-order chi connectivity index (χ1) is 8.70. The Labute approximate surface area is 113 Å². The van der Waals surface area contributed by atoms with E-state index in [1.807, 2.05) is 6.07 Å². The predicted octanol–water partition coefficient (Wildman–Crippen LogP) is 3.80. The molecule has 1 aliphatic heterocycles. The summed E-state index contributed by atoms with van der Waals surface area (Å²) in [5, 5.41) is 3.87. The third-order valence-electron chi connectivity index (χ3n) is 4.73. The third kappa shape index (κ3) is 2.17. The van der Waals surface area contributed by atoms with Crippen LogP contribution in [0.25, 0.3) is 0 Å². The van der Waals surface area contributed by atoms with Crippen molar-refractivity contribution in [2.45, 2.75) is 32.1 Å². The average Bonchev–Trinajstić information content (AvgIpc) is 2.79. The van der Waals surface area contributed by atoms with Crippen molar-refractivity contribution in [1.29, 1.82) is 0 Å². The van der Waals surface area contributed by atoms with Crippen molar-refractivity contribution < 1.29 is 4.39 Å². The minimum atomic E-state index is -0.147. The fourth-order valence-corrected chi connectivity index (χ4v) is 3.75. The zero-order valence-corrected chi connectivity index (χ0v) is 11.3. The molecule has 98 valence electrons. The molecule has 0 spiro atoms. The molecule has 1 aliphatic carbocycles. The summed E-state index contributed by atoms with van der Waals surface area (Å²) in [5.41, 5.74) is 1.12. The highest BCUT2D eigenvalue weighted by molar-refractivity contribution is 6.30. The van der Waals surface area contributed by atoms with Crippen molar-refractivity contribution in [3.05, 3.63) is 34.6 Å². The van der Waals surface area contributed by atoms with Crippen LogP contribution < -0.4 is 5.32 Å². The summed E-state index contributed by atoms with van der Waals surface area (Å²) in [6, 6.07) is 5.09. The van der Waals surface area contributed by atoms with E-state index >= 15 is 0 Å². The number of rotatable bonds is 3. The van der Waals surface area contributed by atoms with E-state index in [0.29, 0.717) is 10.4 Å². The van der Waals surface area contributed by atoms with Gasteiger partial charge in [0.25, 0.3) is 0 Å². The Bertz CT molecular complexity index is 436. The molecule has 0 amide bonds. The maximum absolute atomic E-state index is 13.9. The summed E-state index contributed by atoms with van der Waals surface area (Å²) < 4.78 is 13.9. The van der Waals surface area contributed by atoms with Gasteiger partial charge in [-0.25, -0.2) is 4.39 Å². The molecule has 1 N–H and O–H groups in total. The zero-order valence-electron chi connectivity index (χ0n) is 10.5. The molecule has 3 rings (SSSR count). The van der Waals surface area contributed by atoms with E-state index in [4.69, 9.17) is 11.6 Å². The van der Waals surface area contributed by atoms with E-state index in [-0.39, 0.29) is 5.82 Å². The molecule has 1 saturated carbocycles. The van der Waals surface area contributed by atoms with Crippen molar-refractivity contribution in [2.24, 2.45) is 11.3 Å². The maximum Gasteiger partial charge on any atom is 0.127 e. The lowest BCUT2D eigenvalue weighted by Crippen LogP contribution is -2.58. The second-order valence-electron chi connectivity index (χ2n) is 5.86. The molecule has 2 fully saturated rings. The molecular weight excluding hydrogens is 249 g/mol. The highest BCUT2D eigenvalue weighted by Crippen LogP contribution is 2.45. The van der Waals surface area contributed by atoms with Crippen LogP contribution in [0.4, 0.5) is 4.39 Å². The van der Waals surface area contributed by atoms with E-state index in [0.717, 1.165) is 31.0 Å². The third-order valence-corrected chi connectivity index (χ3v) is 4.97. The predicted molar refractivity (Wildman–Crippen MR) is 72.4 cm³/mol. The molecule has 0 unspecified atom stereocenters. The summed E-state index contributed by atoms with van der Waals surface area (Å²) in [7, 11) is 0. The van der Waals surface area contributed by atoms with Crippen LogP contribution in [0.15, 0.2) is 18.2 Å². The van der Waals surface area contributed by atoms with Crippen LogP contribution in [0, 0.1) is 17.2 Å².